The summed E-state index contributed by atoms with van der Waals surface area (Å²) >= 11 is 8.01. The highest BCUT2D eigenvalue weighted by Crippen LogP contribution is 2.21. The monoisotopic (exact) mass is 308 g/mol. The van der Waals surface area contributed by atoms with Gasteiger partial charge in [0.15, 0.2) is 0 Å². The van der Waals surface area contributed by atoms with E-state index in [-0.39, 0.29) is 0 Å². The molecule has 1 atom stereocenters. The third kappa shape index (κ3) is 4.89. The summed E-state index contributed by atoms with van der Waals surface area (Å²) in [5.41, 5.74) is 1.22. The van der Waals surface area contributed by atoms with Crippen molar-refractivity contribution >= 4 is 22.9 Å². The van der Waals surface area contributed by atoms with Crippen molar-refractivity contribution < 1.29 is 0 Å². The van der Waals surface area contributed by atoms with E-state index in [1.54, 1.807) is 11.3 Å². The quantitative estimate of drug-likeness (QED) is 0.829. The summed E-state index contributed by atoms with van der Waals surface area (Å²) in [5, 5.41) is 7.63. The van der Waals surface area contributed by atoms with E-state index in [4.69, 9.17) is 11.6 Å². The molecule has 1 unspecified atom stereocenters. The van der Waals surface area contributed by atoms with E-state index < -0.39 is 0 Å². The van der Waals surface area contributed by atoms with Crippen molar-refractivity contribution in [3.8, 4) is 0 Å². The molecular weight excluding hydrogens is 288 g/mol. The molecule has 0 radical (unpaired) electrons. The van der Waals surface area contributed by atoms with Crippen LogP contribution in [0.3, 0.4) is 0 Å². The number of halogens is 1. The molecule has 4 heteroatoms. The standard InChI is InChI=1S/C16H21ClN2S/c1-12(2)19-11-13(10-16-18-7-8-20-16)9-14-5-3-4-6-15(14)17/h3-8,12-13,19H,9-11H2,1-2H3. The van der Waals surface area contributed by atoms with Gasteiger partial charge in [0.05, 0.1) is 5.01 Å². The van der Waals surface area contributed by atoms with Crippen LogP contribution < -0.4 is 5.32 Å². The number of hydrogen-bond donors (Lipinski definition) is 1. The summed E-state index contributed by atoms with van der Waals surface area (Å²) in [6.45, 7) is 5.34. The zero-order valence-electron chi connectivity index (χ0n) is 12.0. The summed E-state index contributed by atoms with van der Waals surface area (Å²) in [7, 11) is 0. The first-order chi connectivity index (χ1) is 9.65. The molecule has 0 spiro atoms. The van der Waals surface area contributed by atoms with Crippen LogP contribution in [-0.4, -0.2) is 17.6 Å². The summed E-state index contributed by atoms with van der Waals surface area (Å²) < 4.78 is 0. The van der Waals surface area contributed by atoms with Gasteiger partial charge in [-0.2, -0.15) is 0 Å². The Kier molecular flexibility index (Phi) is 6.02. The van der Waals surface area contributed by atoms with Crippen LogP contribution in [0.25, 0.3) is 0 Å². The lowest BCUT2D eigenvalue weighted by molar-refractivity contribution is 0.444. The number of aromatic nitrogens is 1. The largest absolute Gasteiger partial charge is 0.314 e. The van der Waals surface area contributed by atoms with Gasteiger partial charge in [-0.3, -0.25) is 0 Å². The number of hydrogen-bond acceptors (Lipinski definition) is 3. The van der Waals surface area contributed by atoms with Crippen LogP contribution in [0.1, 0.15) is 24.4 Å². The molecule has 1 N–H and O–H groups in total. The number of nitrogens with zero attached hydrogens (tertiary/aromatic N) is 1. The molecule has 20 heavy (non-hydrogen) atoms. The maximum absolute atomic E-state index is 6.28. The van der Waals surface area contributed by atoms with Crippen LogP contribution in [0.2, 0.25) is 5.02 Å². The van der Waals surface area contributed by atoms with E-state index in [2.05, 4.69) is 36.3 Å². The maximum Gasteiger partial charge on any atom is 0.0928 e. The van der Waals surface area contributed by atoms with E-state index in [1.165, 1.54) is 10.6 Å². The second-order valence-electron chi connectivity index (χ2n) is 5.35. The molecule has 2 rings (SSSR count). The molecule has 0 saturated carbocycles. The van der Waals surface area contributed by atoms with E-state index in [1.807, 2.05) is 23.7 Å². The fourth-order valence-corrected chi connectivity index (χ4v) is 3.14. The van der Waals surface area contributed by atoms with Crippen LogP contribution in [0, 0.1) is 5.92 Å². The topological polar surface area (TPSA) is 24.9 Å². The molecule has 0 aliphatic rings. The molecule has 1 aromatic heterocycles. The van der Waals surface area contributed by atoms with E-state index >= 15 is 0 Å². The average Bonchev–Trinajstić information content (AvgIpc) is 2.91. The molecule has 0 aliphatic carbocycles. The molecule has 2 nitrogen and oxygen atoms in total. The van der Waals surface area contributed by atoms with Gasteiger partial charge in [0.1, 0.15) is 0 Å². The lowest BCUT2D eigenvalue weighted by atomic mass is 9.96. The highest BCUT2D eigenvalue weighted by atomic mass is 35.5. The highest BCUT2D eigenvalue weighted by molar-refractivity contribution is 7.09. The zero-order valence-corrected chi connectivity index (χ0v) is 13.5. The molecule has 1 aromatic carbocycles. The Labute approximate surface area is 130 Å². The van der Waals surface area contributed by atoms with Crippen molar-refractivity contribution in [2.24, 2.45) is 5.92 Å². The number of benzene rings is 1. The van der Waals surface area contributed by atoms with E-state index in [0.29, 0.717) is 12.0 Å². The van der Waals surface area contributed by atoms with Crippen molar-refractivity contribution in [1.82, 2.24) is 10.3 Å². The van der Waals surface area contributed by atoms with Crippen LogP contribution in [0.5, 0.6) is 0 Å². The lowest BCUT2D eigenvalue weighted by Gasteiger charge is -2.19. The normalized spacial score (nSPS) is 12.8. The van der Waals surface area contributed by atoms with Gasteiger partial charge in [-0.15, -0.1) is 11.3 Å². The van der Waals surface area contributed by atoms with Crippen LogP contribution >= 0.6 is 22.9 Å². The van der Waals surface area contributed by atoms with Gasteiger partial charge in [0, 0.05) is 29.1 Å². The summed E-state index contributed by atoms with van der Waals surface area (Å²) in [5.74, 6) is 0.517. The first-order valence-corrected chi connectivity index (χ1v) is 8.26. The fourth-order valence-electron chi connectivity index (χ4n) is 2.19. The van der Waals surface area contributed by atoms with Crippen LogP contribution in [0.4, 0.5) is 0 Å². The minimum absolute atomic E-state index is 0.500. The summed E-state index contributed by atoms with van der Waals surface area (Å²) in [6.07, 6.45) is 3.87. The summed E-state index contributed by atoms with van der Waals surface area (Å²) in [6, 6.07) is 8.62. The predicted molar refractivity (Wildman–Crippen MR) is 87.6 cm³/mol. The Bertz CT molecular complexity index is 511. The average molecular weight is 309 g/mol. The van der Waals surface area contributed by atoms with Gasteiger partial charge < -0.3 is 5.32 Å². The molecule has 0 aliphatic heterocycles. The van der Waals surface area contributed by atoms with Gasteiger partial charge in [0.25, 0.3) is 0 Å². The molecule has 1 heterocycles. The van der Waals surface area contributed by atoms with Crippen molar-refractivity contribution in [3.63, 3.8) is 0 Å². The zero-order chi connectivity index (χ0) is 14.4. The first-order valence-electron chi connectivity index (χ1n) is 7.00. The van der Waals surface area contributed by atoms with E-state index in [9.17, 15) is 0 Å². The Balaban J connectivity index is 2.03. The number of rotatable bonds is 7. The molecular formula is C16H21ClN2S. The molecule has 108 valence electrons. The van der Waals surface area contributed by atoms with Gasteiger partial charge in [-0.1, -0.05) is 43.6 Å². The third-order valence-electron chi connectivity index (χ3n) is 3.23. The van der Waals surface area contributed by atoms with Gasteiger partial charge in [0.2, 0.25) is 0 Å². The van der Waals surface area contributed by atoms with Crippen molar-refractivity contribution in [1.29, 1.82) is 0 Å². The molecule has 0 saturated heterocycles. The Morgan fingerprint density at radius 2 is 2.05 bits per heavy atom. The second kappa shape index (κ2) is 7.77. The number of nitrogens with one attached hydrogen (secondary N) is 1. The predicted octanol–water partition coefficient (Wildman–Crippen LogP) is 4.20. The van der Waals surface area contributed by atoms with Crippen molar-refractivity contribution in [2.45, 2.75) is 32.7 Å². The van der Waals surface area contributed by atoms with Crippen molar-refractivity contribution in [3.05, 3.63) is 51.4 Å². The van der Waals surface area contributed by atoms with Gasteiger partial charge in [-0.25, -0.2) is 4.98 Å². The molecule has 0 fully saturated rings. The third-order valence-corrected chi connectivity index (χ3v) is 4.40. The smallest absolute Gasteiger partial charge is 0.0928 e. The molecule has 2 aromatic rings. The SMILES string of the molecule is CC(C)NCC(Cc1nccs1)Cc1ccccc1Cl. The minimum Gasteiger partial charge on any atom is -0.314 e. The van der Waals surface area contributed by atoms with E-state index in [0.717, 1.165) is 24.4 Å². The van der Waals surface area contributed by atoms with Gasteiger partial charge in [-0.05, 0) is 30.5 Å². The van der Waals surface area contributed by atoms with Crippen molar-refractivity contribution in [2.75, 3.05) is 6.54 Å². The molecule has 0 bridgehead atoms. The first kappa shape index (κ1) is 15.5. The minimum atomic E-state index is 0.500. The Morgan fingerprint density at radius 1 is 1.25 bits per heavy atom. The van der Waals surface area contributed by atoms with Crippen LogP contribution in [0.15, 0.2) is 35.8 Å². The summed E-state index contributed by atoms with van der Waals surface area (Å²) in [4.78, 5) is 4.40. The highest BCUT2D eigenvalue weighted by Gasteiger charge is 2.14. The number of thiazole rings is 1. The fraction of sp³-hybridized carbons (Fsp3) is 0.438. The maximum atomic E-state index is 6.28. The Morgan fingerprint density at radius 3 is 2.70 bits per heavy atom. The van der Waals surface area contributed by atoms with Crippen LogP contribution in [-0.2, 0) is 12.8 Å². The lowest BCUT2D eigenvalue weighted by Crippen LogP contribution is -2.31. The molecule has 0 amide bonds. The Hall–Kier alpha value is -0.900. The van der Waals surface area contributed by atoms with Gasteiger partial charge >= 0.3 is 0 Å². The second-order valence-corrected chi connectivity index (χ2v) is 6.74.